The van der Waals surface area contributed by atoms with Gasteiger partial charge in [0.1, 0.15) is 6.04 Å². The van der Waals surface area contributed by atoms with Crippen molar-refractivity contribution in [3.8, 4) is 0 Å². The summed E-state index contributed by atoms with van der Waals surface area (Å²) in [6.45, 7) is 9.88. The Labute approximate surface area is 172 Å². The van der Waals surface area contributed by atoms with Crippen molar-refractivity contribution < 1.29 is 9.59 Å². The Morgan fingerprint density at radius 2 is 1.64 bits per heavy atom. The van der Waals surface area contributed by atoms with Gasteiger partial charge in [0.05, 0.1) is 6.42 Å². The van der Waals surface area contributed by atoms with Crippen LogP contribution in [0.2, 0.25) is 5.02 Å². The van der Waals surface area contributed by atoms with Crippen molar-refractivity contribution in [3.63, 3.8) is 0 Å². The van der Waals surface area contributed by atoms with Crippen LogP contribution in [0, 0.1) is 13.8 Å². The predicted molar refractivity (Wildman–Crippen MR) is 114 cm³/mol. The van der Waals surface area contributed by atoms with E-state index >= 15 is 0 Å². The minimum absolute atomic E-state index is 0.00615. The second-order valence-corrected chi connectivity index (χ2v) is 8.03. The van der Waals surface area contributed by atoms with Crippen molar-refractivity contribution in [2.75, 3.05) is 0 Å². The molecule has 0 spiro atoms. The molecule has 0 unspecified atom stereocenters. The molecule has 1 N–H and O–H groups in total. The van der Waals surface area contributed by atoms with Gasteiger partial charge in [-0.2, -0.15) is 0 Å². The summed E-state index contributed by atoms with van der Waals surface area (Å²) in [5.74, 6) is -0.271. The van der Waals surface area contributed by atoms with Gasteiger partial charge in [0.25, 0.3) is 0 Å². The molecule has 5 heteroatoms. The fourth-order valence-corrected chi connectivity index (χ4v) is 3.44. The third-order valence-electron chi connectivity index (χ3n) is 4.53. The maximum absolute atomic E-state index is 13.2. The Kier molecular flexibility index (Phi) is 7.64. The van der Waals surface area contributed by atoms with Gasteiger partial charge in [-0.3, -0.25) is 9.59 Å². The monoisotopic (exact) mass is 400 g/mol. The normalized spacial score (nSPS) is 12.0. The molecular formula is C23H29ClN2O2. The molecule has 0 fully saturated rings. The maximum atomic E-state index is 13.2. The highest BCUT2D eigenvalue weighted by Gasteiger charge is 2.27. The summed E-state index contributed by atoms with van der Waals surface area (Å²) in [5.41, 5.74) is 4.00. The lowest BCUT2D eigenvalue weighted by atomic mass is 10.0. The molecule has 2 aromatic carbocycles. The van der Waals surface area contributed by atoms with Crippen LogP contribution in [-0.2, 0) is 22.6 Å². The highest BCUT2D eigenvalue weighted by molar-refractivity contribution is 6.31. The van der Waals surface area contributed by atoms with Gasteiger partial charge < -0.3 is 10.2 Å². The van der Waals surface area contributed by atoms with Crippen LogP contribution in [-0.4, -0.2) is 28.8 Å². The van der Waals surface area contributed by atoms with E-state index in [9.17, 15) is 9.59 Å². The van der Waals surface area contributed by atoms with Crippen LogP contribution in [0.25, 0.3) is 0 Å². The number of hydrogen-bond donors (Lipinski definition) is 1. The summed E-state index contributed by atoms with van der Waals surface area (Å²) in [7, 11) is 0. The second kappa shape index (κ2) is 9.74. The Bertz CT molecular complexity index is 828. The molecule has 28 heavy (non-hydrogen) atoms. The summed E-state index contributed by atoms with van der Waals surface area (Å²) in [5, 5.41) is 3.48. The zero-order valence-electron chi connectivity index (χ0n) is 17.3. The molecule has 0 aromatic heterocycles. The molecule has 0 saturated carbocycles. The number of nitrogens with one attached hydrogen (secondary N) is 1. The van der Waals surface area contributed by atoms with E-state index in [-0.39, 0.29) is 30.8 Å². The number of benzene rings is 2. The first kappa shape index (κ1) is 22.0. The molecule has 2 aromatic rings. The van der Waals surface area contributed by atoms with Crippen molar-refractivity contribution in [2.24, 2.45) is 0 Å². The lowest BCUT2D eigenvalue weighted by Crippen LogP contribution is -2.49. The molecule has 4 nitrogen and oxygen atoms in total. The highest BCUT2D eigenvalue weighted by Crippen LogP contribution is 2.20. The highest BCUT2D eigenvalue weighted by atomic mass is 35.5. The Morgan fingerprint density at radius 1 is 1.04 bits per heavy atom. The van der Waals surface area contributed by atoms with Crippen molar-refractivity contribution >= 4 is 23.4 Å². The van der Waals surface area contributed by atoms with E-state index in [1.54, 1.807) is 17.9 Å². The number of hydrogen-bond acceptors (Lipinski definition) is 2. The Balaban J connectivity index is 2.29. The molecule has 0 aliphatic heterocycles. The van der Waals surface area contributed by atoms with Crippen LogP contribution in [0.15, 0.2) is 42.5 Å². The lowest BCUT2D eigenvalue weighted by molar-refractivity contribution is -0.140. The Hall–Kier alpha value is -2.33. The quantitative estimate of drug-likeness (QED) is 0.746. The zero-order valence-corrected chi connectivity index (χ0v) is 18.0. The molecular weight excluding hydrogens is 372 g/mol. The van der Waals surface area contributed by atoms with Crippen molar-refractivity contribution in [2.45, 2.75) is 59.7 Å². The van der Waals surface area contributed by atoms with Crippen LogP contribution >= 0.6 is 11.6 Å². The van der Waals surface area contributed by atoms with Crippen molar-refractivity contribution in [1.82, 2.24) is 10.2 Å². The third kappa shape index (κ3) is 6.10. The second-order valence-electron chi connectivity index (χ2n) is 7.63. The van der Waals surface area contributed by atoms with Gasteiger partial charge in [0.15, 0.2) is 0 Å². The van der Waals surface area contributed by atoms with E-state index in [0.717, 1.165) is 22.3 Å². The summed E-state index contributed by atoms with van der Waals surface area (Å²) in [6, 6.07) is 12.9. The molecule has 0 heterocycles. The zero-order chi connectivity index (χ0) is 20.8. The van der Waals surface area contributed by atoms with E-state index in [2.05, 4.69) is 11.4 Å². The first-order valence-corrected chi connectivity index (χ1v) is 9.95. The van der Waals surface area contributed by atoms with Crippen molar-refractivity contribution in [1.29, 1.82) is 0 Å². The predicted octanol–water partition coefficient (Wildman–Crippen LogP) is 4.44. The molecule has 0 aliphatic carbocycles. The number of carbonyl (C=O) groups excluding carboxylic acids is 2. The minimum Gasteiger partial charge on any atom is -0.352 e. The minimum atomic E-state index is -0.600. The topological polar surface area (TPSA) is 49.4 Å². The van der Waals surface area contributed by atoms with E-state index in [1.807, 2.05) is 58.0 Å². The molecule has 150 valence electrons. The SMILES string of the molecule is Cc1cc(C)cc(CC(=O)N(Cc2ccccc2Cl)[C@H](C)C(=O)NC(C)C)c1. The first-order chi connectivity index (χ1) is 13.2. The van der Waals surface area contributed by atoms with Crippen LogP contribution in [0.4, 0.5) is 0 Å². The number of rotatable bonds is 7. The van der Waals surface area contributed by atoms with E-state index < -0.39 is 6.04 Å². The smallest absolute Gasteiger partial charge is 0.242 e. The van der Waals surface area contributed by atoms with Gasteiger partial charge in [0, 0.05) is 17.6 Å². The molecule has 1 atom stereocenters. The molecule has 0 saturated heterocycles. The molecule has 0 radical (unpaired) electrons. The van der Waals surface area contributed by atoms with Crippen LogP contribution in [0.5, 0.6) is 0 Å². The van der Waals surface area contributed by atoms with Gasteiger partial charge in [-0.1, -0.05) is 59.1 Å². The largest absolute Gasteiger partial charge is 0.352 e. The van der Waals surface area contributed by atoms with Gasteiger partial charge in [-0.05, 0) is 51.8 Å². The summed E-state index contributed by atoms with van der Waals surface area (Å²) in [4.78, 5) is 27.4. The summed E-state index contributed by atoms with van der Waals surface area (Å²) < 4.78 is 0. The van der Waals surface area contributed by atoms with E-state index in [1.165, 1.54) is 0 Å². The first-order valence-electron chi connectivity index (χ1n) is 9.57. The number of aryl methyl sites for hydroxylation is 2. The maximum Gasteiger partial charge on any atom is 0.242 e. The lowest BCUT2D eigenvalue weighted by Gasteiger charge is -2.30. The van der Waals surface area contributed by atoms with E-state index in [4.69, 9.17) is 11.6 Å². The van der Waals surface area contributed by atoms with Crippen LogP contribution in [0.3, 0.4) is 0 Å². The average Bonchev–Trinajstić information content (AvgIpc) is 2.58. The number of amides is 2. The van der Waals surface area contributed by atoms with Crippen LogP contribution in [0.1, 0.15) is 43.0 Å². The molecule has 2 rings (SSSR count). The molecule has 0 aliphatic rings. The van der Waals surface area contributed by atoms with Gasteiger partial charge in [-0.15, -0.1) is 0 Å². The van der Waals surface area contributed by atoms with Gasteiger partial charge in [0.2, 0.25) is 11.8 Å². The third-order valence-corrected chi connectivity index (χ3v) is 4.90. The number of nitrogens with zero attached hydrogens (tertiary/aromatic N) is 1. The average molecular weight is 401 g/mol. The van der Waals surface area contributed by atoms with Crippen LogP contribution < -0.4 is 5.32 Å². The molecule has 0 bridgehead atoms. The van der Waals surface area contributed by atoms with Crippen molar-refractivity contribution in [3.05, 3.63) is 69.7 Å². The Morgan fingerprint density at radius 3 is 2.21 bits per heavy atom. The standard InChI is InChI=1S/C23H29ClN2O2/c1-15(2)25-23(28)18(5)26(14-20-8-6-7-9-21(20)24)22(27)13-19-11-16(3)10-17(4)12-19/h6-12,15,18H,13-14H2,1-5H3,(H,25,28)/t18-/m1/s1. The summed E-state index contributed by atoms with van der Waals surface area (Å²) >= 11 is 6.30. The van der Waals surface area contributed by atoms with E-state index in [0.29, 0.717) is 5.02 Å². The number of carbonyl (C=O) groups is 2. The fraction of sp³-hybridized carbons (Fsp3) is 0.391. The fourth-order valence-electron chi connectivity index (χ4n) is 3.25. The summed E-state index contributed by atoms with van der Waals surface area (Å²) in [6.07, 6.45) is 0.242. The molecule has 2 amide bonds. The van der Waals surface area contributed by atoms with Gasteiger partial charge >= 0.3 is 0 Å². The van der Waals surface area contributed by atoms with Gasteiger partial charge in [-0.25, -0.2) is 0 Å². The number of halogens is 1.